The van der Waals surface area contributed by atoms with E-state index in [4.69, 9.17) is 4.74 Å². The van der Waals surface area contributed by atoms with Crippen molar-refractivity contribution < 1.29 is 31.1 Å². The van der Waals surface area contributed by atoms with Crippen molar-refractivity contribution in [1.82, 2.24) is 14.5 Å². The minimum atomic E-state index is -4.64. The molecule has 0 saturated carbocycles. The topological polar surface area (TPSA) is 79.0 Å². The number of hydrogen-bond acceptors (Lipinski definition) is 5. The van der Waals surface area contributed by atoms with Crippen molar-refractivity contribution in [2.75, 3.05) is 33.3 Å². The summed E-state index contributed by atoms with van der Waals surface area (Å²) < 4.78 is 74.0. The van der Waals surface area contributed by atoms with Gasteiger partial charge in [0.05, 0.1) is 22.6 Å². The molecule has 2 saturated heterocycles. The van der Waals surface area contributed by atoms with Crippen LogP contribution in [-0.4, -0.2) is 75.0 Å². The van der Waals surface area contributed by atoms with Gasteiger partial charge in [-0.15, -0.1) is 0 Å². The van der Waals surface area contributed by atoms with Crippen LogP contribution in [0.25, 0.3) is 0 Å². The number of carbonyl (C=O) groups excluding carboxylic acids is 1. The summed E-state index contributed by atoms with van der Waals surface area (Å²) in [5, 5.41) is 3.07. The first-order chi connectivity index (χ1) is 16.4. The highest BCUT2D eigenvalue weighted by atomic mass is 32.2. The Morgan fingerprint density at radius 2 is 1.91 bits per heavy atom. The van der Waals surface area contributed by atoms with Crippen molar-refractivity contribution in [3.63, 3.8) is 0 Å². The number of ether oxygens (including phenoxy) is 1. The molecule has 0 spiro atoms. The van der Waals surface area contributed by atoms with Gasteiger partial charge in [-0.25, -0.2) is 8.42 Å². The highest BCUT2D eigenvalue weighted by molar-refractivity contribution is 7.89. The molecule has 1 amide bonds. The summed E-state index contributed by atoms with van der Waals surface area (Å²) in [5.41, 5.74) is -1.00. The van der Waals surface area contributed by atoms with Crippen LogP contribution in [0.4, 0.5) is 13.2 Å². The van der Waals surface area contributed by atoms with E-state index in [1.165, 1.54) is 10.4 Å². The smallest absolute Gasteiger partial charge is 0.377 e. The van der Waals surface area contributed by atoms with Crippen LogP contribution in [-0.2, 0) is 25.7 Å². The summed E-state index contributed by atoms with van der Waals surface area (Å²) in [6.45, 7) is 5.50. The van der Waals surface area contributed by atoms with E-state index in [1.807, 2.05) is 13.8 Å². The van der Waals surface area contributed by atoms with E-state index in [0.29, 0.717) is 57.4 Å². The van der Waals surface area contributed by atoms with Crippen LogP contribution in [0.3, 0.4) is 0 Å². The third kappa shape index (κ3) is 6.96. The molecule has 2 aliphatic rings. The van der Waals surface area contributed by atoms with Crippen molar-refractivity contribution in [1.29, 1.82) is 0 Å². The SMILES string of the molecule is CNC(CC(C)C)C(=O)N1CCC(N(C[C@@H]2CCCO2)S(=O)(=O)c2cccc(C(F)(F)F)c2)CC1. The van der Waals surface area contributed by atoms with Crippen LogP contribution in [0, 0.1) is 5.92 Å². The molecule has 0 aliphatic carbocycles. The predicted octanol–water partition coefficient (Wildman–Crippen LogP) is 3.50. The molecule has 35 heavy (non-hydrogen) atoms. The van der Waals surface area contributed by atoms with Gasteiger partial charge in [0, 0.05) is 32.3 Å². The molecule has 1 aromatic rings. The van der Waals surface area contributed by atoms with Crippen molar-refractivity contribution in [3.8, 4) is 0 Å². The number of carbonyl (C=O) groups is 1. The Kier molecular flexibility index (Phi) is 9.22. The summed E-state index contributed by atoms with van der Waals surface area (Å²) in [4.78, 5) is 14.3. The normalized spacial score (nSPS) is 21.1. The lowest BCUT2D eigenvalue weighted by molar-refractivity contribution is -0.137. The van der Waals surface area contributed by atoms with E-state index in [-0.39, 0.29) is 29.5 Å². The number of amides is 1. The summed E-state index contributed by atoms with van der Waals surface area (Å²) in [5.74, 6) is 0.333. The van der Waals surface area contributed by atoms with Crippen molar-refractivity contribution >= 4 is 15.9 Å². The van der Waals surface area contributed by atoms with Gasteiger partial charge >= 0.3 is 6.18 Å². The minimum Gasteiger partial charge on any atom is -0.377 e. The van der Waals surface area contributed by atoms with Crippen LogP contribution in [0.1, 0.15) is 51.5 Å². The van der Waals surface area contributed by atoms with E-state index in [9.17, 15) is 26.4 Å². The highest BCUT2D eigenvalue weighted by Crippen LogP contribution is 2.33. The quantitative estimate of drug-likeness (QED) is 0.540. The molecule has 2 heterocycles. The Balaban J connectivity index is 1.80. The number of nitrogens with one attached hydrogen (secondary N) is 1. The van der Waals surface area contributed by atoms with Gasteiger partial charge < -0.3 is 15.0 Å². The molecule has 0 aromatic heterocycles. The molecule has 198 valence electrons. The van der Waals surface area contributed by atoms with Crippen molar-refractivity contribution in [2.24, 2.45) is 5.92 Å². The number of nitrogens with zero attached hydrogens (tertiary/aromatic N) is 2. The molecule has 7 nitrogen and oxygen atoms in total. The maximum Gasteiger partial charge on any atom is 0.416 e. The number of likely N-dealkylation sites (tertiary alicyclic amines) is 1. The van der Waals surface area contributed by atoms with Gasteiger partial charge in [0.15, 0.2) is 0 Å². The van der Waals surface area contributed by atoms with Gasteiger partial charge in [0.1, 0.15) is 0 Å². The Bertz CT molecular complexity index is 957. The average molecular weight is 520 g/mol. The average Bonchev–Trinajstić information content (AvgIpc) is 3.33. The van der Waals surface area contributed by atoms with Crippen LogP contribution < -0.4 is 5.32 Å². The lowest BCUT2D eigenvalue weighted by Crippen LogP contribution is -2.53. The monoisotopic (exact) mass is 519 g/mol. The summed E-state index contributed by atoms with van der Waals surface area (Å²) >= 11 is 0. The molecule has 2 fully saturated rings. The van der Waals surface area contributed by atoms with Crippen LogP contribution in [0.5, 0.6) is 0 Å². The number of hydrogen-bond donors (Lipinski definition) is 1. The van der Waals surface area contributed by atoms with E-state index < -0.39 is 27.8 Å². The zero-order valence-electron chi connectivity index (χ0n) is 20.6. The number of likely N-dealkylation sites (N-methyl/N-ethyl adjacent to an activating group) is 1. The number of sulfonamides is 1. The molecule has 2 atom stereocenters. The molecule has 3 rings (SSSR count). The Hall–Kier alpha value is -1.69. The lowest BCUT2D eigenvalue weighted by Gasteiger charge is -2.39. The van der Waals surface area contributed by atoms with E-state index >= 15 is 0 Å². The Morgan fingerprint density at radius 1 is 1.23 bits per heavy atom. The first-order valence-electron chi connectivity index (χ1n) is 12.2. The third-order valence-electron chi connectivity index (χ3n) is 6.71. The molecular formula is C24H36F3N3O4S. The van der Waals surface area contributed by atoms with E-state index in [2.05, 4.69) is 5.32 Å². The molecule has 0 bridgehead atoms. The lowest BCUT2D eigenvalue weighted by atomic mass is 10.00. The van der Waals surface area contributed by atoms with Crippen LogP contribution >= 0.6 is 0 Å². The maximum atomic E-state index is 13.6. The largest absolute Gasteiger partial charge is 0.416 e. The fraction of sp³-hybridized carbons (Fsp3) is 0.708. The van der Waals surface area contributed by atoms with Gasteiger partial charge in [-0.3, -0.25) is 4.79 Å². The third-order valence-corrected chi connectivity index (χ3v) is 8.63. The number of piperidine rings is 1. The van der Waals surface area contributed by atoms with E-state index in [0.717, 1.165) is 18.6 Å². The second-order valence-corrected chi connectivity index (χ2v) is 11.7. The summed E-state index contributed by atoms with van der Waals surface area (Å²) in [7, 11) is -2.46. The number of halogens is 3. The van der Waals surface area contributed by atoms with Crippen LogP contribution in [0.15, 0.2) is 29.2 Å². The zero-order valence-corrected chi connectivity index (χ0v) is 21.4. The van der Waals surface area contributed by atoms with Gasteiger partial charge in [0.2, 0.25) is 15.9 Å². The summed E-state index contributed by atoms with van der Waals surface area (Å²) in [6.07, 6.45) is -1.90. The molecular weight excluding hydrogens is 483 g/mol. The minimum absolute atomic E-state index is 0.00828. The number of alkyl halides is 3. The van der Waals surface area contributed by atoms with Gasteiger partial charge in [-0.05, 0) is 63.3 Å². The maximum absolute atomic E-state index is 13.6. The Morgan fingerprint density at radius 3 is 2.46 bits per heavy atom. The standard InChI is InChI=1S/C24H36F3N3O4S/c1-17(2)14-22(28-3)23(31)29-11-9-19(10-12-29)30(16-20-7-5-13-34-20)35(32,33)21-8-4-6-18(15-21)24(25,26)27/h4,6,8,15,17,19-20,22,28H,5,7,9-14,16H2,1-3H3/t20-,22?/m0/s1. The predicted molar refractivity (Wildman–Crippen MR) is 126 cm³/mol. The first kappa shape index (κ1) is 27.9. The fourth-order valence-electron chi connectivity index (χ4n) is 4.81. The fourth-order valence-corrected chi connectivity index (χ4v) is 6.57. The second kappa shape index (κ2) is 11.6. The van der Waals surface area contributed by atoms with Crippen molar-refractivity contribution in [2.45, 2.75) is 75.2 Å². The Labute approximate surface area is 206 Å². The van der Waals surface area contributed by atoms with Gasteiger partial charge in [-0.2, -0.15) is 17.5 Å². The van der Waals surface area contributed by atoms with E-state index in [1.54, 1.807) is 11.9 Å². The molecule has 1 N–H and O–H groups in total. The number of benzene rings is 1. The summed E-state index contributed by atoms with van der Waals surface area (Å²) in [6, 6.07) is 3.15. The first-order valence-corrected chi connectivity index (χ1v) is 13.6. The van der Waals surface area contributed by atoms with Crippen molar-refractivity contribution in [3.05, 3.63) is 29.8 Å². The van der Waals surface area contributed by atoms with Gasteiger partial charge in [0.25, 0.3) is 0 Å². The number of rotatable bonds is 9. The molecule has 1 aromatic carbocycles. The zero-order chi connectivity index (χ0) is 25.8. The molecule has 0 radical (unpaired) electrons. The molecule has 1 unspecified atom stereocenters. The second-order valence-electron chi connectivity index (χ2n) is 9.76. The highest BCUT2D eigenvalue weighted by Gasteiger charge is 2.39. The molecule has 2 aliphatic heterocycles. The van der Waals surface area contributed by atoms with Gasteiger partial charge in [-0.1, -0.05) is 19.9 Å². The van der Waals surface area contributed by atoms with Crippen LogP contribution in [0.2, 0.25) is 0 Å². The molecule has 11 heteroatoms.